The van der Waals surface area contributed by atoms with Crippen LogP contribution in [-0.2, 0) is 0 Å². The number of hydrogen-bond acceptors (Lipinski definition) is 3. The van der Waals surface area contributed by atoms with Crippen molar-refractivity contribution in [2.24, 2.45) is 0 Å². The lowest BCUT2D eigenvalue weighted by Crippen LogP contribution is -2.17. The Morgan fingerprint density at radius 3 is 2.78 bits per heavy atom. The van der Waals surface area contributed by atoms with Gasteiger partial charge in [0.25, 0.3) is 5.56 Å². The van der Waals surface area contributed by atoms with Gasteiger partial charge in [-0.3, -0.25) is 4.79 Å². The number of aromatic nitrogens is 2. The van der Waals surface area contributed by atoms with Crippen molar-refractivity contribution in [3.63, 3.8) is 0 Å². The predicted molar refractivity (Wildman–Crippen MR) is 80.7 cm³/mol. The molecule has 1 unspecified atom stereocenters. The van der Waals surface area contributed by atoms with Crippen LogP contribution in [0.2, 0.25) is 0 Å². The van der Waals surface area contributed by atoms with Gasteiger partial charge in [0.15, 0.2) is 0 Å². The molecule has 0 aliphatic carbocycles. The Kier molecular flexibility index (Phi) is 4.35. The first-order valence-corrected chi connectivity index (χ1v) is 6.85. The molecule has 1 heterocycles. The van der Waals surface area contributed by atoms with Crippen LogP contribution in [0.3, 0.4) is 0 Å². The van der Waals surface area contributed by atoms with Crippen LogP contribution >= 0.6 is 22.6 Å². The summed E-state index contributed by atoms with van der Waals surface area (Å²) in [6, 6.07) is 10.3. The maximum absolute atomic E-state index is 11.5. The number of nitrogens with one attached hydrogen (secondary N) is 2. The third-order valence-corrected chi connectivity index (χ3v) is 3.72. The molecule has 2 rings (SSSR count). The van der Waals surface area contributed by atoms with Crippen molar-refractivity contribution in [2.75, 3.05) is 5.32 Å². The van der Waals surface area contributed by atoms with E-state index in [1.807, 2.05) is 40.8 Å². The molecule has 18 heavy (non-hydrogen) atoms. The number of H-pyrrole nitrogens is 1. The first-order valence-electron chi connectivity index (χ1n) is 5.77. The number of benzene rings is 1. The van der Waals surface area contributed by atoms with E-state index in [0.29, 0.717) is 9.39 Å². The van der Waals surface area contributed by atoms with Crippen molar-refractivity contribution in [2.45, 2.75) is 19.4 Å². The minimum Gasteiger partial charge on any atom is -0.362 e. The molecule has 0 fully saturated rings. The van der Waals surface area contributed by atoms with E-state index in [2.05, 4.69) is 34.3 Å². The fourth-order valence-electron chi connectivity index (χ4n) is 1.76. The van der Waals surface area contributed by atoms with E-state index in [4.69, 9.17) is 0 Å². The van der Waals surface area contributed by atoms with E-state index in [9.17, 15) is 4.79 Å². The van der Waals surface area contributed by atoms with Crippen LogP contribution < -0.4 is 10.9 Å². The highest BCUT2D eigenvalue weighted by Gasteiger charge is 2.12. The second kappa shape index (κ2) is 5.99. The second-order valence-electron chi connectivity index (χ2n) is 3.91. The molecular weight excluding hydrogens is 341 g/mol. The fraction of sp³-hybridized carbons (Fsp3) is 0.231. The maximum Gasteiger partial charge on any atom is 0.266 e. The third kappa shape index (κ3) is 2.90. The lowest BCUT2D eigenvalue weighted by molar-refractivity contribution is 0.742. The van der Waals surface area contributed by atoms with Gasteiger partial charge < -0.3 is 10.3 Å². The molecule has 0 spiro atoms. The van der Waals surface area contributed by atoms with Crippen molar-refractivity contribution in [1.82, 2.24) is 9.97 Å². The Labute approximate surface area is 119 Å². The smallest absolute Gasteiger partial charge is 0.266 e. The van der Waals surface area contributed by atoms with Gasteiger partial charge in [-0.05, 0) is 34.6 Å². The summed E-state index contributed by atoms with van der Waals surface area (Å²) in [5.74, 6) is 0.634. The maximum atomic E-state index is 11.5. The average molecular weight is 355 g/mol. The molecule has 1 aromatic heterocycles. The van der Waals surface area contributed by atoms with E-state index in [0.717, 1.165) is 6.42 Å². The largest absolute Gasteiger partial charge is 0.362 e. The molecule has 0 radical (unpaired) electrons. The van der Waals surface area contributed by atoms with Crippen LogP contribution in [0.1, 0.15) is 24.9 Å². The Balaban J connectivity index is 2.26. The zero-order chi connectivity index (χ0) is 13.0. The minimum atomic E-state index is -0.115. The van der Waals surface area contributed by atoms with Crippen molar-refractivity contribution < 1.29 is 0 Å². The lowest BCUT2D eigenvalue weighted by Gasteiger charge is -2.18. The third-order valence-electron chi connectivity index (χ3n) is 2.72. The summed E-state index contributed by atoms with van der Waals surface area (Å²) < 4.78 is 0.587. The summed E-state index contributed by atoms with van der Waals surface area (Å²) in [5, 5.41) is 3.32. The van der Waals surface area contributed by atoms with Gasteiger partial charge in [-0.15, -0.1) is 0 Å². The van der Waals surface area contributed by atoms with Crippen LogP contribution in [0.15, 0.2) is 41.5 Å². The Bertz CT molecular complexity index is 568. The van der Waals surface area contributed by atoms with Gasteiger partial charge in [-0.1, -0.05) is 37.3 Å². The number of hydrogen-bond donors (Lipinski definition) is 2. The number of nitrogens with zero attached hydrogens (tertiary/aromatic N) is 1. The van der Waals surface area contributed by atoms with Crippen LogP contribution in [0.4, 0.5) is 5.82 Å². The van der Waals surface area contributed by atoms with Crippen molar-refractivity contribution >= 4 is 28.4 Å². The first-order chi connectivity index (χ1) is 8.72. The summed E-state index contributed by atoms with van der Waals surface area (Å²) >= 11 is 2.01. The van der Waals surface area contributed by atoms with Crippen LogP contribution in [0.5, 0.6) is 0 Å². The van der Waals surface area contributed by atoms with Gasteiger partial charge in [-0.2, -0.15) is 0 Å². The fourth-order valence-corrected chi connectivity index (χ4v) is 2.21. The second-order valence-corrected chi connectivity index (χ2v) is 4.99. The van der Waals surface area contributed by atoms with Crippen molar-refractivity contribution in [1.29, 1.82) is 0 Å². The molecule has 5 heteroatoms. The molecule has 0 saturated heterocycles. The quantitative estimate of drug-likeness (QED) is 0.830. The molecule has 0 bridgehead atoms. The highest BCUT2D eigenvalue weighted by molar-refractivity contribution is 14.1. The number of rotatable bonds is 4. The molecule has 0 aliphatic heterocycles. The number of halogens is 1. The number of anilines is 1. The monoisotopic (exact) mass is 355 g/mol. The lowest BCUT2D eigenvalue weighted by atomic mass is 10.0. The van der Waals surface area contributed by atoms with Crippen molar-refractivity contribution in [3.8, 4) is 0 Å². The molecular formula is C13H14IN3O. The number of aromatic amines is 1. The normalized spacial score (nSPS) is 12.1. The van der Waals surface area contributed by atoms with Crippen molar-refractivity contribution in [3.05, 3.63) is 56.1 Å². The molecule has 0 saturated carbocycles. The van der Waals surface area contributed by atoms with E-state index in [1.54, 1.807) is 0 Å². The van der Waals surface area contributed by atoms with Crippen LogP contribution in [0, 0.1) is 3.57 Å². The molecule has 0 amide bonds. The van der Waals surface area contributed by atoms with E-state index < -0.39 is 0 Å². The standard InChI is InChI=1S/C13H14IN3O/c1-2-10(9-6-4-3-5-7-9)17-12-11(14)13(18)16-8-15-12/h3-8,10H,2H2,1H3,(H2,15,16,17,18). The highest BCUT2D eigenvalue weighted by atomic mass is 127. The zero-order valence-electron chi connectivity index (χ0n) is 9.98. The molecule has 1 atom stereocenters. The molecule has 0 aliphatic rings. The summed E-state index contributed by atoms with van der Waals surface area (Å²) in [6.07, 6.45) is 2.35. The van der Waals surface area contributed by atoms with E-state index in [-0.39, 0.29) is 11.6 Å². The summed E-state index contributed by atoms with van der Waals surface area (Å²) in [5.41, 5.74) is 1.08. The van der Waals surface area contributed by atoms with Gasteiger partial charge in [0.2, 0.25) is 0 Å². The van der Waals surface area contributed by atoms with Gasteiger partial charge in [0, 0.05) is 0 Å². The SMILES string of the molecule is CCC(Nc1nc[nH]c(=O)c1I)c1ccccc1. The first kappa shape index (κ1) is 13.1. The van der Waals surface area contributed by atoms with Crippen LogP contribution in [0.25, 0.3) is 0 Å². The van der Waals surface area contributed by atoms with Gasteiger partial charge in [-0.25, -0.2) is 4.98 Å². The topological polar surface area (TPSA) is 57.8 Å². The molecule has 2 N–H and O–H groups in total. The minimum absolute atomic E-state index is 0.115. The summed E-state index contributed by atoms with van der Waals surface area (Å²) in [4.78, 5) is 18.2. The van der Waals surface area contributed by atoms with Crippen LogP contribution in [-0.4, -0.2) is 9.97 Å². The molecule has 94 valence electrons. The predicted octanol–water partition coefficient (Wildman–Crippen LogP) is 2.94. The Hall–Kier alpha value is -1.37. The van der Waals surface area contributed by atoms with E-state index in [1.165, 1.54) is 11.9 Å². The Morgan fingerprint density at radius 2 is 2.11 bits per heavy atom. The molecule has 1 aromatic carbocycles. The van der Waals surface area contributed by atoms with E-state index >= 15 is 0 Å². The Morgan fingerprint density at radius 1 is 1.39 bits per heavy atom. The van der Waals surface area contributed by atoms with Gasteiger partial charge in [0.05, 0.1) is 12.4 Å². The zero-order valence-corrected chi connectivity index (χ0v) is 12.1. The molecule has 4 nitrogen and oxygen atoms in total. The molecule has 2 aromatic rings. The highest BCUT2D eigenvalue weighted by Crippen LogP contribution is 2.22. The summed E-state index contributed by atoms with van der Waals surface area (Å²) in [6.45, 7) is 2.10. The van der Waals surface area contributed by atoms with Gasteiger partial charge >= 0.3 is 0 Å². The summed E-state index contributed by atoms with van der Waals surface area (Å²) in [7, 11) is 0. The average Bonchev–Trinajstić information content (AvgIpc) is 2.41. The van der Waals surface area contributed by atoms with Gasteiger partial charge in [0.1, 0.15) is 9.39 Å².